The summed E-state index contributed by atoms with van der Waals surface area (Å²) in [6, 6.07) is 14.2. The van der Waals surface area contributed by atoms with Crippen LogP contribution in [0, 0.1) is 3.57 Å². The standard InChI is InChI=1S/C16H12INO3/c17-11-2-1-3-12(7-11)18-9-10-6-16(20)21-15-8-13(19)4-5-14(10)15/h1-8,18-19H,9H2. The van der Waals surface area contributed by atoms with Crippen LogP contribution in [-0.4, -0.2) is 5.11 Å². The van der Waals surface area contributed by atoms with Crippen LogP contribution >= 0.6 is 22.6 Å². The molecule has 2 N–H and O–H groups in total. The molecule has 1 aromatic heterocycles. The van der Waals surface area contributed by atoms with Crippen LogP contribution in [0.2, 0.25) is 0 Å². The van der Waals surface area contributed by atoms with Crippen molar-refractivity contribution in [3.8, 4) is 5.75 Å². The summed E-state index contributed by atoms with van der Waals surface area (Å²) in [6.45, 7) is 0.507. The number of hydrogen-bond donors (Lipinski definition) is 2. The summed E-state index contributed by atoms with van der Waals surface area (Å²) >= 11 is 2.25. The molecule has 3 rings (SSSR count). The molecular weight excluding hydrogens is 381 g/mol. The second-order valence-electron chi connectivity index (χ2n) is 4.64. The molecule has 0 saturated carbocycles. The minimum atomic E-state index is -0.424. The van der Waals surface area contributed by atoms with E-state index in [1.807, 2.05) is 24.3 Å². The number of nitrogens with one attached hydrogen (secondary N) is 1. The van der Waals surface area contributed by atoms with Crippen molar-refractivity contribution in [1.29, 1.82) is 0 Å². The molecule has 5 heteroatoms. The van der Waals surface area contributed by atoms with Gasteiger partial charge < -0.3 is 14.8 Å². The highest BCUT2D eigenvalue weighted by atomic mass is 127. The Morgan fingerprint density at radius 3 is 2.81 bits per heavy atom. The lowest BCUT2D eigenvalue weighted by Gasteiger charge is -2.09. The first-order valence-corrected chi connectivity index (χ1v) is 7.45. The van der Waals surface area contributed by atoms with Crippen LogP contribution < -0.4 is 10.9 Å². The molecule has 106 valence electrons. The van der Waals surface area contributed by atoms with Crippen molar-refractivity contribution in [3.63, 3.8) is 0 Å². The van der Waals surface area contributed by atoms with Gasteiger partial charge in [-0.05, 0) is 58.5 Å². The van der Waals surface area contributed by atoms with E-state index >= 15 is 0 Å². The number of hydrogen-bond acceptors (Lipinski definition) is 4. The maximum atomic E-state index is 11.6. The fraction of sp³-hybridized carbons (Fsp3) is 0.0625. The Morgan fingerprint density at radius 1 is 1.14 bits per heavy atom. The van der Waals surface area contributed by atoms with Gasteiger partial charge in [0.15, 0.2) is 0 Å². The number of phenols is 1. The zero-order chi connectivity index (χ0) is 14.8. The summed E-state index contributed by atoms with van der Waals surface area (Å²) in [6.07, 6.45) is 0. The molecule has 0 aliphatic heterocycles. The zero-order valence-corrected chi connectivity index (χ0v) is 13.1. The van der Waals surface area contributed by atoms with Crippen molar-refractivity contribution in [2.24, 2.45) is 0 Å². The number of rotatable bonds is 3. The fourth-order valence-corrected chi connectivity index (χ4v) is 2.70. The topological polar surface area (TPSA) is 62.5 Å². The lowest BCUT2D eigenvalue weighted by molar-refractivity contribution is 0.473. The molecule has 3 aromatic rings. The van der Waals surface area contributed by atoms with Crippen molar-refractivity contribution in [2.45, 2.75) is 6.54 Å². The monoisotopic (exact) mass is 393 g/mol. The molecule has 0 aliphatic carbocycles. The third-order valence-electron chi connectivity index (χ3n) is 3.12. The average Bonchev–Trinajstić information content (AvgIpc) is 2.44. The summed E-state index contributed by atoms with van der Waals surface area (Å²) in [5.74, 6) is 0.0772. The van der Waals surface area contributed by atoms with E-state index in [4.69, 9.17) is 4.42 Å². The van der Waals surface area contributed by atoms with Gasteiger partial charge in [0.25, 0.3) is 0 Å². The van der Waals surface area contributed by atoms with Crippen molar-refractivity contribution >= 4 is 39.2 Å². The van der Waals surface area contributed by atoms with E-state index in [0.717, 1.165) is 20.2 Å². The number of aromatic hydroxyl groups is 1. The van der Waals surface area contributed by atoms with Gasteiger partial charge >= 0.3 is 5.63 Å². The van der Waals surface area contributed by atoms with E-state index in [9.17, 15) is 9.90 Å². The summed E-state index contributed by atoms with van der Waals surface area (Å²) in [5, 5.41) is 13.6. The Labute approximate surface area is 134 Å². The SMILES string of the molecule is O=c1cc(CNc2cccc(I)c2)c2ccc(O)cc2o1. The molecule has 0 fully saturated rings. The quantitative estimate of drug-likeness (QED) is 0.526. The van der Waals surface area contributed by atoms with Gasteiger partial charge in [0.1, 0.15) is 11.3 Å². The zero-order valence-electron chi connectivity index (χ0n) is 11.0. The number of benzene rings is 2. The van der Waals surface area contributed by atoms with Gasteiger partial charge in [-0.15, -0.1) is 0 Å². The highest BCUT2D eigenvalue weighted by Gasteiger charge is 2.06. The van der Waals surface area contributed by atoms with E-state index in [1.165, 1.54) is 12.1 Å². The molecule has 0 radical (unpaired) electrons. The first kappa shape index (κ1) is 13.9. The van der Waals surface area contributed by atoms with E-state index < -0.39 is 5.63 Å². The lowest BCUT2D eigenvalue weighted by Crippen LogP contribution is -2.05. The highest BCUT2D eigenvalue weighted by molar-refractivity contribution is 14.1. The highest BCUT2D eigenvalue weighted by Crippen LogP contribution is 2.22. The van der Waals surface area contributed by atoms with Crippen molar-refractivity contribution < 1.29 is 9.52 Å². The van der Waals surface area contributed by atoms with Crippen LogP contribution in [0.25, 0.3) is 11.0 Å². The third-order valence-corrected chi connectivity index (χ3v) is 3.79. The van der Waals surface area contributed by atoms with Crippen LogP contribution in [0.1, 0.15) is 5.56 Å². The van der Waals surface area contributed by atoms with Gasteiger partial charge in [-0.2, -0.15) is 0 Å². The molecule has 0 unspecified atom stereocenters. The normalized spacial score (nSPS) is 10.7. The molecule has 1 heterocycles. The molecule has 2 aromatic carbocycles. The van der Waals surface area contributed by atoms with E-state index in [0.29, 0.717) is 12.1 Å². The summed E-state index contributed by atoms with van der Waals surface area (Å²) in [4.78, 5) is 11.6. The number of fused-ring (bicyclic) bond motifs is 1. The number of anilines is 1. The van der Waals surface area contributed by atoms with Crippen LogP contribution in [-0.2, 0) is 6.54 Å². The van der Waals surface area contributed by atoms with E-state index in [2.05, 4.69) is 27.9 Å². The second-order valence-corrected chi connectivity index (χ2v) is 5.88. The minimum Gasteiger partial charge on any atom is -0.508 e. The predicted octanol–water partition coefficient (Wildman–Crippen LogP) is 3.72. The second kappa shape index (κ2) is 5.77. The van der Waals surface area contributed by atoms with Crippen LogP contribution in [0.3, 0.4) is 0 Å². The summed E-state index contributed by atoms with van der Waals surface area (Å²) < 4.78 is 6.25. The molecular formula is C16H12INO3. The Kier molecular flexibility index (Phi) is 3.83. The lowest BCUT2D eigenvalue weighted by atomic mass is 10.1. The maximum absolute atomic E-state index is 11.6. The first-order chi connectivity index (χ1) is 10.1. The Hall–Kier alpha value is -2.02. The molecule has 0 spiro atoms. The average molecular weight is 393 g/mol. The van der Waals surface area contributed by atoms with Crippen molar-refractivity contribution in [2.75, 3.05) is 5.32 Å². The predicted molar refractivity (Wildman–Crippen MR) is 90.6 cm³/mol. The van der Waals surface area contributed by atoms with Crippen LogP contribution in [0.5, 0.6) is 5.75 Å². The molecule has 21 heavy (non-hydrogen) atoms. The Bertz CT molecular complexity index is 858. The number of phenolic OH excluding ortho intramolecular Hbond substituents is 1. The largest absolute Gasteiger partial charge is 0.508 e. The smallest absolute Gasteiger partial charge is 0.336 e. The Morgan fingerprint density at radius 2 is 2.00 bits per heavy atom. The molecule has 0 bridgehead atoms. The fourth-order valence-electron chi connectivity index (χ4n) is 2.16. The summed E-state index contributed by atoms with van der Waals surface area (Å²) in [7, 11) is 0. The Balaban J connectivity index is 1.95. The molecule has 0 saturated heterocycles. The van der Waals surface area contributed by atoms with Crippen molar-refractivity contribution in [1.82, 2.24) is 0 Å². The number of halogens is 1. The van der Waals surface area contributed by atoms with E-state index in [-0.39, 0.29) is 5.75 Å². The summed E-state index contributed by atoms with van der Waals surface area (Å²) in [5.41, 5.74) is 1.79. The molecule has 0 atom stereocenters. The van der Waals surface area contributed by atoms with E-state index in [1.54, 1.807) is 12.1 Å². The van der Waals surface area contributed by atoms with Crippen molar-refractivity contribution in [3.05, 3.63) is 68.1 Å². The molecule has 4 nitrogen and oxygen atoms in total. The minimum absolute atomic E-state index is 0.0772. The molecule has 0 aliphatic rings. The first-order valence-electron chi connectivity index (χ1n) is 6.37. The molecule has 0 amide bonds. The van der Waals surface area contributed by atoms with Gasteiger partial charge in [-0.25, -0.2) is 4.79 Å². The van der Waals surface area contributed by atoms with Gasteiger partial charge in [0, 0.05) is 33.3 Å². The van der Waals surface area contributed by atoms with Gasteiger partial charge in [-0.1, -0.05) is 6.07 Å². The van der Waals surface area contributed by atoms with Gasteiger partial charge in [0.2, 0.25) is 0 Å². The maximum Gasteiger partial charge on any atom is 0.336 e. The van der Waals surface area contributed by atoms with Gasteiger partial charge in [-0.3, -0.25) is 0 Å². The van der Waals surface area contributed by atoms with Gasteiger partial charge in [0.05, 0.1) is 0 Å². The van der Waals surface area contributed by atoms with Crippen LogP contribution in [0.15, 0.2) is 57.7 Å². The van der Waals surface area contributed by atoms with Crippen LogP contribution in [0.4, 0.5) is 5.69 Å². The third kappa shape index (κ3) is 3.18.